The molecule has 4 nitrogen and oxygen atoms in total. The summed E-state index contributed by atoms with van der Waals surface area (Å²) >= 11 is 0. The van der Waals surface area contributed by atoms with Gasteiger partial charge in [-0.25, -0.2) is 4.79 Å². The molecule has 2 aliphatic heterocycles. The maximum absolute atomic E-state index is 13.0. The number of hydrogen-bond donors (Lipinski definition) is 0. The van der Waals surface area contributed by atoms with E-state index >= 15 is 0 Å². The quantitative estimate of drug-likeness (QED) is 0.528. The van der Waals surface area contributed by atoms with Crippen LogP contribution in [0.1, 0.15) is 52.0 Å². The second-order valence-electron chi connectivity index (χ2n) is 8.03. The summed E-state index contributed by atoms with van der Waals surface area (Å²) in [6.07, 6.45) is 0. The SMILES string of the molecule is CCN(CC)c1ccc2c(c1)C1(OC(=O)c3ccccc31)c1cc(C)cc(C)c1O2. The predicted molar refractivity (Wildman–Crippen MR) is 118 cm³/mol. The third kappa shape index (κ3) is 2.43. The topological polar surface area (TPSA) is 38.8 Å². The van der Waals surface area contributed by atoms with Crippen LogP contribution in [0.3, 0.4) is 0 Å². The lowest BCUT2D eigenvalue weighted by Crippen LogP contribution is -2.34. The summed E-state index contributed by atoms with van der Waals surface area (Å²) < 4.78 is 12.7. The molecule has 0 bridgehead atoms. The van der Waals surface area contributed by atoms with E-state index in [1.54, 1.807) is 0 Å². The molecule has 0 radical (unpaired) electrons. The van der Waals surface area contributed by atoms with Crippen molar-refractivity contribution in [3.8, 4) is 11.5 Å². The lowest BCUT2D eigenvalue weighted by molar-refractivity contribution is 0.0223. The molecule has 1 unspecified atom stereocenters. The largest absolute Gasteiger partial charge is 0.456 e. The van der Waals surface area contributed by atoms with Gasteiger partial charge in [-0.1, -0.05) is 29.8 Å². The molecule has 1 atom stereocenters. The van der Waals surface area contributed by atoms with Crippen LogP contribution in [0.5, 0.6) is 11.5 Å². The molecule has 30 heavy (non-hydrogen) atoms. The summed E-state index contributed by atoms with van der Waals surface area (Å²) in [5, 5.41) is 0. The van der Waals surface area contributed by atoms with Crippen LogP contribution >= 0.6 is 0 Å². The summed E-state index contributed by atoms with van der Waals surface area (Å²) in [4.78, 5) is 15.3. The number of benzene rings is 3. The van der Waals surface area contributed by atoms with Gasteiger partial charge in [0.2, 0.25) is 0 Å². The van der Waals surface area contributed by atoms with Gasteiger partial charge in [0.15, 0.2) is 5.60 Å². The molecule has 2 heterocycles. The van der Waals surface area contributed by atoms with Gasteiger partial charge in [0.05, 0.1) is 5.56 Å². The Bertz CT molecular complexity index is 1180. The molecule has 0 saturated heterocycles. The fourth-order valence-corrected chi connectivity index (χ4v) is 4.89. The summed E-state index contributed by atoms with van der Waals surface area (Å²) in [5.74, 6) is 1.21. The Labute approximate surface area is 177 Å². The number of hydrogen-bond acceptors (Lipinski definition) is 4. The van der Waals surface area contributed by atoms with Crippen LogP contribution in [-0.2, 0) is 10.3 Å². The molecule has 4 heteroatoms. The number of anilines is 1. The van der Waals surface area contributed by atoms with E-state index in [-0.39, 0.29) is 5.97 Å². The molecule has 152 valence electrons. The number of carbonyl (C=O) groups is 1. The minimum Gasteiger partial charge on any atom is -0.456 e. The molecule has 3 aromatic carbocycles. The predicted octanol–water partition coefficient (Wildman–Crippen LogP) is 5.72. The van der Waals surface area contributed by atoms with E-state index < -0.39 is 5.60 Å². The normalized spacial score (nSPS) is 18.3. The Morgan fingerprint density at radius 3 is 2.43 bits per heavy atom. The molecule has 0 saturated carbocycles. The van der Waals surface area contributed by atoms with E-state index in [9.17, 15) is 4.79 Å². The first-order chi connectivity index (χ1) is 14.5. The summed E-state index contributed by atoms with van der Waals surface area (Å²) in [6.45, 7) is 10.2. The molecular weight excluding hydrogens is 374 g/mol. The van der Waals surface area contributed by atoms with Crippen molar-refractivity contribution in [1.29, 1.82) is 0 Å². The van der Waals surface area contributed by atoms with Gasteiger partial charge in [-0.2, -0.15) is 0 Å². The van der Waals surface area contributed by atoms with E-state index in [4.69, 9.17) is 9.47 Å². The van der Waals surface area contributed by atoms with Gasteiger partial charge >= 0.3 is 5.97 Å². The lowest BCUT2D eigenvalue weighted by Gasteiger charge is -2.38. The van der Waals surface area contributed by atoms with Crippen LogP contribution in [0.25, 0.3) is 0 Å². The Morgan fingerprint density at radius 1 is 0.900 bits per heavy atom. The summed E-state index contributed by atoms with van der Waals surface area (Å²) in [7, 11) is 0. The molecule has 0 amide bonds. The number of ether oxygens (including phenoxy) is 2. The van der Waals surface area contributed by atoms with Gasteiger partial charge in [-0.15, -0.1) is 0 Å². The zero-order valence-electron chi connectivity index (χ0n) is 17.8. The molecule has 1 spiro atoms. The van der Waals surface area contributed by atoms with Crippen LogP contribution in [0.15, 0.2) is 54.6 Å². The van der Waals surface area contributed by atoms with Crippen LogP contribution in [-0.4, -0.2) is 19.1 Å². The maximum Gasteiger partial charge on any atom is 0.340 e. The van der Waals surface area contributed by atoms with Gasteiger partial charge in [0.25, 0.3) is 0 Å². The number of esters is 1. The average molecular weight is 399 g/mol. The molecule has 0 fully saturated rings. The van der Waals surface area contributed by atoms with E-state index in [0.29, 0.717) is 5.56 Å². The van der Waals surface area contributed by atoms with Crippen molar-refractivity contribution in [3.05, 3.63) is 88.0 Å². The Hall–Kier alpha value is -3.27. The highest BCUT2D eigenvalue weighted by molar-refractivity contribution is 5.97. The fraction of sp³-hybridized carbons (Fsp3) is 0.269. The minimum atomic E-state index is -1.00. The van der Waals surface area contributed by atoms with Gasteiger partial charge in [0, 0.05) is 35.5 Å². The first kappa shape index (κ1) is 18.7. The summed E-state index contributed by atoms with van der Waals surface area (Å²) in [5.41, 5.74) is 5.49. The number of carbonyl (C=O) groups excluding carboxylic acids is 1. The highest BCUT2D eigenvalue weighted by atomic mass is 16.6. The third-order valence-electron chi connectivity index (χ3n) is 6.25. The molecule has 5 rings (SSSR count). The molecule has 0 N–H and O–H groups in total. The molecule has 0 aliphatic carbocycles. The van der Waals surface area contributed by atoms with E-state index in [2.05, 4.69) is 49.9 Å². The molecule has 3 aromatic rings. The lowest BCUT2D eigenvalue weighted by atomic mass is 9.76. The van der Waals surface area contributed by atoms with Crippen LogP contribution in [0.2, 0.25) is 0 Å². The number of rotatable bonds is 3. The average Bonchev–Trinajstić information content (AvgIpc) is 3.04. The van der Waals surface area contributed by atoms with Crippen molar-refractivity contribution in [2.45, 2.75) is 33.3 Å². The first-order valence-electron chi connectivity index (χ1n) is 10.5. The second-order valence-corrected chi connectivity index (χ2v) is 8.03. The maximum atomic E-state index is 13.0. The van der Waals surface area contributed by atoms with Crippen molar-refractivity contribution >= 4 is 11.7 Å². The van der Waals surface area contributed by atoms with Crippen LogP contribution in [0, 0.1) is 13.8 Å². The highest BCUT2D eigenvalue weighted by Gasteiger charge is 2.53. The summed E-state index contributed by atoms with van der Waals surface area (Å²) in [6, 6.07) is 18.1. The van der Waals surface area contributed by atoms with Crippen molar-refractivity contribution < 1.29 is 14.3 Å². The molecular formula is C26H25NO3. The van der Waals surface area contributed by atoms with Crippen molar-refractivity contribution in [2.24, 2.45) is 0 Å². The van der Waals surface area contributed by atoms with Crippen LogP contribution in [0.4, 0.5) is 5.69 Å². The smallest absolute Gasteiger partial charge is 0.340 e. The van der Waals surface area contributed by atoms with E-state index in [0.717, 1.165) is 58.1 Å². The van der Waals surface area contributed by atoms with Gasteiger partial charge in [0.1, 0.15) is 11.5 Å². The molecule has 0 aromatic heterocycles. The van der Waals surface area contributed by atoms with Crippen LogP contribution < -0.4 is 9.64 Å². The zero-order chi connectivity index (χ0) is 21.0. The monoisotopic (exact) mass is 399 g/mol. The molecule has 2 aliphatic rings. The highest BCUT2D eigenvalue weighted by Crippen LogP contribution is 2.57. The number of fused-ring (bicyclic) bond motifs is 6. The van der Waals surface area contributed by atoms with Gasteiger partial charge in [-0.05, 0) is 63.6 Å². The second kappa shape index (κ2) is 6.63. The van der Waals surface area contributed by atoms with Gasteiger partial charge in [-0.3, -0.25) is 0 Å². The van der Waals surface area contributed by atoms with Gasteiger partial charge < -0.3 is 14.4 Å². The van der Waals surface area contributed by atoms with Crippen molar-refractivity contribution in [1.82, 2.24) is 0 Å². The van der Waals surface area contributed by atoms with E-state index in [1.807, 2.05) is 37.3 Å². The minimum absolute atomic E-state index is 0.295. The van der Waals surface area contributed by atoms with E-state index in [1.165, 1.54) is 0 Å². The first-order valence-corrected chi connectivity index (χ1v) is 10.5. The fourth-order valence-electron chi connectivity index (χ4n) is 4.89. The van der Waals surface area contributed by atoms with Crippen molar-refractivity contribution in [3.63, 3.8) is 0 Å². The Balaban J connectivity index is 1.87. The Morgan fingerprint density at radius 2 is 1.67 bits per heavy atom. The number of nitrogens with zero attached hydrogens (tertiary/aromatic N) is 1. The van der Waals surface area contributed by atoms with Crippen molar-refractivity contribution in [2.75, 3.05) is 18.0 Å². The third-order valence-corrected chi connectivity index (χ3v) is 6.25. The number of aryl methyl sites for hydroxylation is 2. The Kier molecular flexibility index (Phi) is 4.14. The standard InChI is InChI=1S/C26H25NO3/c1-5-27(6-2)18-11-12-23-21(15-18)26(20-10-8-7-9-19(20)25(28)30-26)22-14-16(3)13-17(4)24(22)29-23/h7-15H,5-6H2,1-4H3. The zero-order valence-corrected chi connectivity index (χ0v) is 17.8.